The van der Waals surface area contributed by atoms with Gasteiger partial charge in [0.1, 0.15) is 5.75 Å². The standard InChI is InChI=1S/C22H29NO4/c1-22(2,3)17-9-7-15(8-10-17)21(24)23-12-11-16-13-18(25-4)14-19(26-5)20(16)27-6/h7-10,13-14H,11-12H2,1-6H3,(H,23,24). The summed E-state index contributed by atoms with van der Waals surface area (Å²) < 4.78 is 16.1. The van der Waals surface area contributed by atoms with E-state index in [9.17, 15) is 4.79 Å². The molecule has 0 fully saturated rings. The minimum Gasteiger partial charge on any atom is -0.497 e. The minimum absolute atomic E-state index is 0.0664. The lowest BCUT2D eigenvalue weighted by Gasteiger charge is -2.19. The number of nitrogens with one attached hydrogen (secondary N) is 1. The Kier molecular flexibility index (Phi) is 6.72. The fraction of sp³-hybridized carbons (Fsp3) is 0.409. The molecule has 0 aliphatic carbocycles. The quantitative estimate of drug-likeness (QED) is 0.800. The van der Waals surface area contributed by atoms with Crippen molar-refractivity contribution in [3.8, 4) is 17.2 Å². The van der Waals surface area contributed by atoms with Crippen molar-refractivity contribution in [3.05, 3.63) is 53.1 Å². The van der Waals surface area contributed by atoms with E-state index in [0.717, 1.165) is 5.56 Å². The molecule has 1 amide bonds. The first-order valence-corrected chi connectivity index (χ1v) is 8.97. The van der Waals surface area contributed by atoms with Crippen molar-refractivity contribution in [2.45, 2.75) is 32.6 Å². The Hall–Kier alpha value is -2.69. The fourth-order valence-corrected chi connectivity index (χ4v) is 2.85. The molecule has 0 aliphatic rings. The van der Waals surface area contributed by atoms with Gasteiger partial charge in [-0.3, -0.25) is 4.79 Å². The fourth-order valence-electron chi connectivity index (χ4n) is 2.85. The highest BCUT2D eigenvalue weighted by Gasteiger charge is 2.15. The van der Waals surface area contributed by atoms with Gasteiger partial charge >= 0.3 is 0 Å². The zero-order chi connectivity index (χ0) is 20.0. The molecule has 0 radical (unpaired) electrons. The van der Waals surface area contributed by atoms with Crippen molar-refractivity contribution in [1.29, 1.82) is 0 Å². The Bertz CT molecular complexity index is 776. The number of rotatable bonds is 7. The van der Waals surface area contributed by atoms with Gasteiger partial charge in [-0.1, -0.05) is 32.9 Å². The van der Waals surface area contributed by atoms with Gasteiger partial charge in [-0.2, -0.15) is 0 Å². The topological polar surface area (TPSA) is 56.8 Å². The monoisotopic (exact) mass is 371 g/mol. The second-order valence-corrected chi connectivity index (χ2v) is 7.36. The molecular formula is C22H29NO4. The van der Waals surface area contributed by atoms with Crippen LogP contribution in [0, 0.1) is 0 Å². The van der Waals surface area contributed by atoms with Crippen LogP contribution in [0.25, 0.3) is 0 Å². The average Bonchev–Trinajstić information content (AvgIpc) is 2.66. The van der Waals surface area contributed by atoms with Crippen molar-refractivity contribution >= 4 is 5.91 Å². The van der Waals surface area contributed by atoms with Gasteiger partial charge in [-0.25, -0.2) is 0 Å². The van der Waals surface area contributed by atoms with Crippen molar-refractivity contribution in [2.24, 2.45) is 0 Å². The first-order valence-electron chi connectivity index (χ1n) is 8.97. The van der Waals surface area contributed by atoms with E-state index in [-0.39, 0.29) is 11.3 Å². The van der Waals surface area contributed by atoms with Gasteiger partial charge in [0.05, 0.1) is 21.3 Å². The van der Waals surface area contributed by atoms with Gasteiger partial charge in [0.2, 0.25) is 0 Å². The molecule has 2 aromatic rings. The second kappa shape index (κ2) is 8.80. The summed E-state index contributed by atoms with van der Waals surface area (Å²) in [5.74, 6) is 1.86. The van der Waals surface area contributed by atoms with Crippen LogP contribution in [-0.4, -0.2) is 33.8 Å². The Morgan fingerprint density at radius 1 is 0.963 bits per heavy atom. The number of methoxy groups -OCH3 is 3. The van der Waals surface area contributed by atoms with Crippen LogP contribution in [0.3, 0.4) is 0 Å². The molecule has 0 unspecified atom stereocenters. The number of benzene rings is 2. The van der Waals surface area contributed by atoms with E-state index in [2.05, 4.69) is 26.1 Å². The summed E-state index contributed by atoms with van der Waals surface area (Å²) >= 11 is 0. The zero-order valence-electron chi connectivity index (χ0n) is 17.0. The highest BCUT2D eigenvalue weighted by atomic mass is 16.5. The lowest BCUT2D eigenvalue weighted by Crippen LogP contribution is -2.26. The largest absolute Gasteiger partial charge is 0.497 e. The number of carbonyl (C=O) groups excluding carboxylic acids is 1. The molecule has 0 atom stereocenters. The van der Waals surface area contributed by atoms with Gasteiger partial charge in [0.15, 0.2) is 11.5 Å². The third-order valence-corrected chi connectivity index (χ3v) is 4.46. The molecule has 146 valence electrons. The number of hydrogen-bond acceptors (Lipinski definition) is 4. The number of carbonyl (C=O) groups is 1. The van der Waals surface area contributed by atoms with E-state index in [0.29, 0.717) is 35.8 Å². The molecule has 1 N–H and O–H groups in total. The van der Waals surface area contributed by atoms with Crippen LogP contribution in [0.4, 0.5) is 0 Å². The predicted molar refractivity (Wildman–Crippen MR) is 107 cm³/mol. The van der Waals surface area contributed by atoms with Crippen molar-refractivity contribution < 1.29 is 19.0 Å². The van der Waals surface area contributed by atoms with Crippen LogP contribution in [0.15, 0.2) is 36.4 Å². The Morgan fingerprint density at radius 2 is 1.63 bits per heavy atom. The van der Waals surface area contributed by atoms with Gasteiger partial charge in [0.25, 0.3) is 5.91 Å². The molecule has 0 saturated heterocycles. The highest BCUT2D eigenvalue weighted by Crippen LogP contribution is 2.35. The second-order valence-electron chi connectivity index (χ2n) is 7.36. The zero-order valence-corrected chi connectivity index (χ0v) is 17.0. The summed E-state index contributed by atoms with van der Waals surface area (Å²) in [6, 6.07) is 11.4. The number of ether oxygens (including phenoxy) is 3. The summed E-state index contributed by atoms with van der Waals surface area (Å²) in [6.45, 7) is 6.93. The smallest absolute Gasteiger partial charge is 0.251 e. The first kappa shape index (κ1) is 20.6. The number of hydrogen-bond donors (Lipinski definition) is 1. The molecule has 0 aliphatic heterocycles. The van der Waals surface area contributed by atoms with E-state index < -0.39 is 0 Å². The van der Waals surface area contributed by atoms with E-state index in [4.69, 9.17) is 14.2 Å². The van der Waals surface area contributed by atoms with Crippen LogP contribution < -0.4 is 19.5 Å². The first-order chi connectivity index (χ1) is 12.8. The molecule has 0 aromatic heterocycles. The highest BCUT2D eigenvalue weighted by molar-refractivity contribution is 5.94. The molecule has 0 bridgehead atoms. The van der Waals surface area contributed by atoms with Crippen LogP contribution in [0.1, 0.15) is 42.3 Å². The maximum Gasteiger partial charge on any atom is 0.251 e. The van der Waals surface area contributed by atoms with E-state index in [1.165, 1.54) is 5.56 Å². The Labute approximate surface area is 161 Å². The van der Waals surface area contributed by atoms with E-state index >= 15 is 0 Å². The summed E-state index contributed by atoms with van der Waals surface area (Å²) in [6.07, 6.45) is 0.600. The normalized spacial score (nSPS) is 11.0. The SMILES string of the molecule is COc1cc(CCNC(=O)c2ccc(C(C)(C)C)cc2)c(OC)c(OC)c1. The van der Waals surface area contributed by atoms with Gasteiger partial charge in [-0.15, -0.1) is 0 Å². The summed E-state index contributed by atoms with van der Waals surface area (Å²) in [7, 11) is 4.79. The molecule has 27 heavy (non-hydrogen) atoms. The molecule has 0 spiro atoms. The van der Waals surface area contributed by atoms with Crippen LogP contribution in [-0.2, 0) is 11.8 Å². The van der Waals surface area contributed by atoms with Crippen molar-refractivity contribution in [3.63, 3.8) is 0 Å². The molecular weight excluding hydrogens is 342 g/mol. The average molecular weight is 371 g/mol. The van der Waals surface area contributed by atoms with Crippen LogP contribution >= 0.6 is 0 Å². The molecule has 0 saturated carbocycles. The predicted octanol–water partition coefficient (Wildman–Crippen LogP) is 3.98. The van der Waals surface area contributed by atoms with E-state index in [1.807, 2.05) is 30.3 Å². The van der Waals surface area contributed by atoms with Crippen LogP contribution in [0.5, 0.6) is 17.2 Å². The molecule has 5 heteroatoms. The lowest BCUT2D eigenvalue weighted by atomic mass is 9.87. The van der Waals surface area contributed by atoms with Crippen molar-refractivity contribution in [1.82, 2.24) is 5.32 Å². The van der Waals surface area contributed by atoms with Crippen LogP contribution in [0.2, 0.25) is 0 Å². The molecule has 2 aromatic carbocycles. The maximum absolute atomic E-state index is 12.4. The number of amides is 1. The Morgan fingerprint density at radius 3 is 2.15 bits per heavy atom. The molecule has 0 heterocycles. The summed E-state index contributed by atoms with van der Waals surface area (Å²) in [5, 5.41) is 2.96. The molecule has 2 rings (SSSR count). The third-order valence-electron chi connectivity index (χ3n) is 4.46. The van der Waals surface area contributed by atoms with Gasteiger partial charge < -0.3 is 19.5 Å². The van der Waals surface area contributed by atoms with E-state index in [1.54, 1.807) is 27.4 Å². The van der Waals surface area contributed by atoms with Gasteiger partial charge in [0, 0.05) is 23.7 Å². The minimum atomic E-state index is -0.0933. The lowest BCUT2D eigenvalue weighted by molar-refractivity contribution is 0.0954. The summed E-state index contributed by atoms with van der Waals surface area (Å²) in [4.78, 5) is 12.4. The van der Waals surface area contributed by atoms with Crippen molar-refractivity contribution in [2.75, 3.05) is 27.9 Å². The third kappa shape index (κ3) is 5.16. The molecule has 5 nitrogen and oxygen atoms in total. The van der Waals surface area contributed by atoms with Gasteiger partial charge in [-0.05, 0) is 35.6 Å². The Balaban J connectivity index is 2.04. The summed E-state index contributed by atoms with van der Waals surface area (Å²) in [5.41, 5.74) is 2.83. The maximum atomic E-state index is 12.4.